The molecule has 0 aromatic heterocycles. The Kier molecular flexibility index (Phi) is 4.74. The van der Waals surface area contributed by atoms with Gasteiger partial charge < -0.3 is 5.73 Å². The van der Waals surface area contributed by atoms with Crippen LogP contribution in [0.3, 0.4) is 0 Å². The summed E-state index contributed by atoms with van der Waals surface area (Å²) in [4.78, 5) is 0.0767. The first kappa shape index (κ1) is 15.1. The van der Waals surface area contributed by atoms with Crippen LogP contribution in [0.4, 0.5) is 0 Å². The van der Waals surface area contributed by atoms with E-state index in [4.69, 9.17) is 28.9 Å². The first-order valence-corrected chi connectivity index (χ1v) is 8.30. The number of sulfonamides is 1. The zero-order chi connectivity index (χ0) is 14.0. The van der Waals surface area contributed by atoms with Crippen molar-refractivity contribution in [1.29, 1.82) is 0 Å². The average Bonchev–Trinajstić information content (AvgIpc) is 2.41. The van der Waals surface area contributed by atoms with Gasteiger partial charge in [0.25, 0.3) is 0 Å². The first-order chi connectivity index (χ1) is 8.96. The highest BCUT2D eigenvalue weighted by atomic mass is 35.5. The Bertz CT molecular complexity index is 555. The molecule has 0 amide bonds. The molecular formula is C12H16Cl2N2O2S. The fraction of sp³-hybridized carbons (Fsp3) is 0.500. The lowest BCUT2D eigenvalue weighted by Gasteiger charge is -2.30. The molecule has 0 aliphatic carbocycles. The first-order valence-electron chi connectivity index (χ1n) is 6.11. The maximum absolute atomic E-state index is 12.5. The van der Waals surface area contributed by atoms with Crippen LogP contribution in [0.1, 0.15) is 12.8 Å². The minimum Gasteiger partial charge on any atom is -0.330 e. The largest absolute Gasteiger partial charge is 0.330 e. The van der Waals surface area contributed by atoms with Crippen molar-refractivity contribution in [2.75, 3.05) is 19.6 Å². The third kappa shape index (κ3) is 3.06. The summed E-state index contributed by atoms with van der Waals surface area (Å²) in [6.45, 7) is 1.56. The molecule has 19 heavy (non-hydrogen) atoms. The molecule has 1 aliphatic heterocycles. The normalized spacial score (nSPS) is 18.7. The molecular weight excluding hydrogens is 307 g/mol. The fourth-order valence-electron chi connectivity index (χ4n) is 2.21. The van der Waals surface area contributed by atoms with Gasteiger partial charge in [0.05, 0.1) is 10.0 Å². The van der Waals surface area contributed by atoms with Gasteiger partial charge in [0, 0.05) is 13.1 Å². The summed E-state index contributed by atoms with van der Waals surface area (Å²) in [5.41, 5.74) is 5.61. The standard InChI is InChI=1S/C12H16Cl2N2O2S/c13-10-2-1-3-11(12(10)14)19(17,18)16-6-4-9(8-15)5-7-16/h1-3,9H,4-8,15H2. The van der Waals surface area contributed by atoms with Gasteiger partial charge in [-0.15, -0.1) is 0 Å². The highest BCUT2D eigenvalue weighted by molar-refractivity contribution is 7.89. The van der Waals surface area contributed by atoms with Crippen molar-refractivity contribution in [1.82, 2.24) is 4.31 Å². The van der Waals surface area contributed by atoms with Crippen molar-refractivity contribution in [2.45, 2.75) is 17.7 Å². The van der Waals surface area contributed by atoms with Gasteiger partial charge in [-0.3, -0.25) is 0 Å². The van der Waals surface area contributed by atoms with E-state index in [0.29, 0.717) is 25.6 Å². The molecule has 0 atom stereocenters. The number of benzene rings is 1. The Morgan fingerprint density at radius 3 is 2.47 bits per heavy atom. The number of rotatable bonds is 3. The number of nitrogens with zero attached hydrogens (tertiary/aromatic N) is 1. The predicted octanol–water partition coefficient (Wildman–Crippen LogP) is 2.35. The van der Waals surface area contributed by atoms with Gasteiger partial charge in [-0.1, -0.05) is 29.3 Å². The van der Waals surface area contributed by atoms with Crippen LogP contribution in [0.25, 0.3) is 0 Å². The van der Waals surface area contributed by atoms with E-state index in [1.54, 1.807) is 12.1 Å². The van der Waals surface area contributed by atoms with Crippen molar-refractivity contribution >= 4 is 33.2 Å². The molecule has 1 aliphatic rings. The Hall–Kier alpha value is -0.330. The van der Waals surface area contributed by atoms with Crippen LogP contribution in [0.5, 0.6) is 0 Å². The van der Waals surface area contributed by atoms with Gasteiger partial charge in [0.1, 0.15) is 4.90 Å². The average molecular weight is 323 g/mol. The van der Waals surface area contributed by atoms with E-state index < -0.39 is 10.0 Å². The number of hydrogen-bond donors (Lipinski definition) is 1. The molecule has 0 spiro atoms. The number of halogens is 2. The van der Waals surface area contributed by atoms with Gasteiger partial charge in [-0.25, -0.2) is 8.42 Å². The maximum Gasteiger partial charge on any atom is 0.244 e. The zero-order valence-electron chi connectivity index (χ0n) is 10.4. The lowest BCUT2D eigenvalue weighted by atomic mass is 9.99. The van der Waals surface area contributed by atoms with Crippen LogP contribution >= 0.6 is 23.2 Å². The SMILES string of the molecule is NCC1CCN(S(=O)(=O)c2cccc(Cl)c2Cl)CC1. The van der Waals surface area contributed by atoms with Crippen LogP contribution in [0, 0.1) is 5.92 Å². The molecule has 1 fully saturated rings. The molecule has 0 bridgehead atoms. The summed E-state index contributed by atoms with van der Waals surface area (Å²) in [5.74, 6) is 0.404. The lowest BCUT2D eigenvalue weighted by molar-refractivity contribution is 0.278. The van der Waals surface area contributed by atoms with Crippen molar-refractivity contribution in [2.24, 2.45) is 11.7 Å². The summed E-state index contributed by atoms with van der Waals surface area (Å²) >= 11 is 11.9. The second-order valence-corrected chi connectivity index (χ2v) is 7.33. The van der Waals surface area contributed by atoms with E-state index >= 15 is 0 Å². The molecule has 4 nitrogen and oxygen atoms in total. The van der Waals surface area contributed by atoms with E-state index in [9.17, 15) is 8.42 Å². The Morgan fingerprint density at radius 2 is 1.89 bits per heavy atom. The van der Waals surface area contributed by atoms with Crippen molar-refractivity contribution in [3.63, 3.8) is 0 Å². The minimum absolute atomic E-state index is 0.0767. The van der Waals surface area contributed by atoms with E-state index in [1.807, 2.05) is 0 Å². The second kappa shape index (κ2) is 5.97. The molecule has 0 saturated carbocycles. The fourth-order valence-corrected chi connectivity index (χ4v) is 4.41. The van der Waals surface area contributed by atoms with Crippen molar-refractivity contribution in [3.05, 3.63) is 28.2 Å². The van der Waals surface area contributed by atoms with Crippen LogP contribution in [0.15, 0.2) is 23.1 Å². The molecule has 0 unspecified atom stereocenters. The van der Waals surface area contributed by atoms with Gasteiger partial charge in [0.2, 0.25) is 10.0 Å². The van der Waals surface area contributed by atoms with Crippen molar-refractivity contribution < 1.29 is 8.42 Å². The monoisotopic (exact) mass is 322 g/mol. The molecule has 0 radical (unpaired) electrons. The van der Waals surface area contributed by atoms with E-state index in [2.05, 4.69) is 0 Å². The lowest BCUT2D eigenvalue weighted by Crippen LogP contribution is -2.40. The summed E-state index contributed by atoms with van der Waals surface area (Å²) < 4.78 is 26.5. The zero-order valence-corrected chi connectivity index (χ0v) is 12.7. The van der Waals surface area contributed by atoms with Gasteiger partial charge >= 0.3 is 0 Å². The highest BCUT2D eigenvalue weighted by Crippen LogP contribution is 2.32. The van der Waals surface area contributed by atoms with Gasteiger partial charge in [0.15, 0.2) is 0 Å². The number of hydrogen-bond acceptors (Lipinski definition) is 3. The smallest absolute Gasteiger partial charge is 0.244 e. The maximum atomic E-state index is 12.5. The van der Waals surface area contributed by atoms with Crippen LogP contribution in [-0.4, -0.2) is 32.4 Å². The Morgan fingerprint density at radius 1 is 1.26 bits per heavy atom. The van der Waals surface area contributed by atoms with E-state index in [1.165, 1.54) is 10.4 Å². The summed E-state index contributed by atoms with van der Waals surface area (Å²) in [7, 11) is -3.57. The molecule has 2 rings (SSSR count). The van der Waals surface area contributed by atoms with Crippen LogP contribution < -0.4 is 5.73 Å². The molecule has 2 N–H and O–H groups in total. The topological polar surface area (TPSA) is 63.4 Å². The third-order valence-electron chi connectivity index (χ3n) is 3.44. The van der Waals surface area contributed by atoms with Crippen molar-refractivity contribution in [3.8, 4) is 0 Å². The van der Waals surface area contributed by atoms with Gasteiger partial charge in [-0.2, -0.15) is 4.31 Å². The molecule has 1 aromatic carbocycles. The Balaban J connectivity index is 2.26. The Labute approximate surface area is 123 Å². The van der Waals surface area contributed by atoms with Gasteiger partial charge in [-0.05, 0) is 37.4 Å². The summed E-state index contributed by atoms with van der Waals surface area (Å²) in [6.07, 6.45) is 1.57. The number of piperidine rings is 1. The van der Waals surface area contributed by atoms with E-state index in [0.717, 1.165) is 12.8 Å². The molecule has 106 valence electrons. The summed E-state index contributed by atoms with van der Waals surface area (Å²) in [5, 5.41) is 0.338. The molecule has 1 heterocycles. The van der Waals surface area contributed by atoms with E-state index in [-0.39, 0.29) is 14.9 Å². The number of nitrogens with two attached hydrogens (primary N) is 1. The minimum atomic E-state index is -3.57. The molecule has 1 aromatic rings. The molecule has 7 heteroatoms. The second-order valence-electron chi connectivity index (χ2n) is 4.64. The highest BCUT2D eigenvalue weighted by Gasteiger charge is 2.30. The third-order valence-corrected chi connectivity index (χ3v) is 6.31. The van der Waals surface area contributed by atoms with Crippen LogP contribution in [0.2, 0.25) is 10.0 Å². The quantitative estimate of drug-likeness (QED) is 0.929. The summed E-state index contributed by atoms with van der Waals surface area (Å²) in [6, 6.07) is 4.65. The van der Waals surface area contributed by atoms with Crippen LogP contribution in [-0.2, 0) is 10.0 Å². The molecule has 1 saturated heterocycles. The predicted molar refractivity (Wildman–Crippen MR) is 77.0 cm³/mol.